The van der Waals surface area contributed by atoms with Crippen molar-refractivity contribution in [3.63, 3.8) is 0 Å². The second kappa shape index (κ2) is 5.06. The SMILES string of the molecule is C=C(C)/C=C\C1=C(C)CCc2c1sc1ccc(C)cc21. The third-order valence-corrected chi connectivity index (χ3v) is 5.18. The number of allylic oxidation sites excluding steroid dienone is 5. The lowest BCUT2D eigenvalue weighted by Gasteiger charge is -2.16. The van der Waals surface area contributed by atoms with Gasteiger partial charge in [0.1, 0.15) is 0 Å². The first-order valence-electron chi connectivity index (χ1n) is 7.12. The third-order valence-electron chi connectivity index (χ3n) is 3.94. The van der Waals surface area contributed by atoms with E-state index in [1.165, 1.54) is 44.5 Å². The van der Waals surface area contributed by atoms with Crippen LogP contribution in [0.5, 0.6) is 0 Å². The minimum atomic E-state index is 1.11. The largest absolute Gasteiger partial charge is 0.135 e. The maximum atomic E-state index is 3.97. The van der Waals surface area contributed by atoms with Crippen LogP contribution >= 0.6 is 11.3 Å². The normalized spacial score (nSPS) is 15.2. The Hall–Kier alpha value is -1.60. The van der Waals surface area contributed by atoms with Crippen LogP contribution < -0.4 is 0 Å². The third kappa shape index (κ3) is 2.27. The summed E-state index contributed by atoms with van der Waals surface area (Å²) in [6.07, 6.45) is 6.72. The summed E-state index contributed by atoms with van der Waals surface area (Å²) in [6, 6.07) is 6.82. The fraction of sp³-hybridized carbons (Fsp3) is 0.263. The van der Waals surface area contributed by atoms with Crippen LogP contribution in [0.1, 0.15) is 36.3 Å². The van der Waals surface area contributed by atoms with Gasteiger partial charge in [0.2, 0.25) is 0 Å². The highest BCUT2D eigenvalue weighted by molar-refractivity contribution is 7.20. The molecule has 0 saturated carbocycles. The molecule has 0 unspecified atom stereocenters. The highest BCUT2D eigenvalue weighted by Gasteiger charge is 2.20. The molecule has 1 aromatic carbocycles. The maximum absolute atomic E-state index is 3.97. The molecular weight excluding hydrogens is 260 g/mol. The molecule has 0 amide bonds. The zero-order chi connectivity index (χ0) is 14.3. The van der Waals surface area contributed by atoms with Crippen LogP contribution in [0.4, 0.5) is 0 Å². The van der Waals surface area contributed by atoms with Crippen LogP contribution in [0.2, 0.25) is 0 Å². The van der Waals surface area contributed by atoms with Crippen molar-refractivity contribution < 1.29 is 0 Å². The Morgan fingerprint density at radius 2 is 2.05 bits per heavy atom. The number of rotatable bonds is 2. The van der Waals surface area contributed by atoms with Crippen molar-refractivity contribution in [1.29, 1.82) is 0 Å². The van der Waals surface area contributed by atoms with Crippen molar-refractivity contribution >= 4 is 27.0 Å². The Balaban J connectivity index is 2.20. The van der Waals surface area contributed by atoms with Gasteiger partial charge in [-0.1, -0.05) is 47.6 Å². The van der Waals surface area contributed by atoms with Gasteiger partial charge < -0.3 is 0 Å². The van der Waals surface area contributed by atoms with E-state index in [4.69, 9.17) is 0 Å². The van der Waals surface area contributed by atoms with E-state index in [-0.39, 0.29) is 0 Å². The lowest BCUT2D eigenvalue weighted by Crippen LogP contribution is -1.99. The van der Waals surface area contributed by atoms with Crippen LogP contribution in [0.3, 0.4) is 0 Å². The Morgan fingerprint density at radius 3 is 2.80 bits per heavy atom. The summed E-state index contributed by atoms with van der Waals surface area (Å²) >= 11 is 1.93. The molecule has 0 fully saturated rings. The number of hydrogen-bond donors (Lipinski definition) is 0. The molecule has 0 radical (unpaired) electrons. The molecule has 20 heavy (non-hydrogen) atoms. The standard InChI is InChI=1S/C19H20S/c1-12(2)5-8-15-14(4)7-9-16-17-11-13(3)6-10-18(17)20-19(15)16/h5-6,8,10-11H,1,7,9H2,2-4H3/b8-5-. The van der Waals surface area contributed by atoms with Crippen molar-refractivity contribution in [3.8, 4) is 0 Å². The quantitative estimate of drug-likeness (QED) is 0.586. The number of aryl methyl sites for hydroxylation is 2. The molecule has 0 spiro atoms. The number of hydrogen-bond acceptors (Lipinski definition) is 1. The van der Waals surface area contributed by atoms with Gasteiger partial charge in [0.25, 0.3) is 0 Å². The fourth-order valence-corrected chi connectivity index (χ4v) is 4.15. The van der Waals surface area contributed by atoms with Gasteiger partial charge in [0.05, 0.1) is 0 Å². The summed E-state index contributed by atoms with van der Waals surface area (Å²) in [5.41, 5.74) is 6.91. The first kappa shape index (κ1) is 13.4. The molecule has 0 N–H and O–H groups in total. The second-order valence-corrected chi connectivity index (χ2v) is 6.84. The van der Waals surface area contributed by atoms with E-state index < -0.39 is 0 Å². The van der Waals surface area contributed by atoms with E-state index in [0.717, 1.165) is 5.57 Å². The molecule has 0 nitrogen and oxygen atoms in total. The molecule has 1 heteroatoms. The predicted octanol–water partition coefficient (Wildman–Crippen LogP) is 6.06. The van der Waals surface area contributed by atoms with Gasteiger partial charge in [-0.25, -0.2) is 0 Å². The van der Waals surface area contributed by atoms with E-state index >= 15 is 0 Å². The number of thiophene rings is 1. The summed E-state index contributed by atoms with van der Waals surface area (Å²) in [5, 5.41) is 1.46. The molecule has 1 aliphatic carbocycles. The Bertz CT molecular complexity index is 753. The second-order valence-electron chi connectivity index (χ2n) is 5.78. The monoisotopic (exact) mass is 280 g/mol. The Kier molecular flexibility index (Phi) is 3.39. The molecule has 0 atom stereocenters. The topological polar surface area (TPSA) is 0 Å². The highest BCUT2D eigenvalue weighted by Crippen LogP contribution is 2.42. The first-order chi connectivity index (χ1) is 9.56. The fourth-order valence-electron chi connectivity index (χ4n) is 2.81. The minimum absolute atomic E-state index is 1.11. The predicted molar refractivity (Wildman–Crippen MR) is 91.4 cm³/mol. The molecule has 1 heterocycles. The van der Waals surface area contributed by atoms with Gasteiger partial charge in [-0.15, -0.1) is 11.3 Å². The molecule has 2 aromatic rings. The molecule has 3 rings (SSSR count). The number of benzene rings is 1. The van der Waals surface area contributed by atoms with E-state index in [9.17, 15) is 0 Å². The average Bonchev–Trinajstić information content (AvgIpc) is 2.75. The average molecular weight is 280 g/mol. The van der Waals surface area contributed by atoms with Crippen LogP contribution in [0.25, 0.3) is 15.7 Å². The lowest BCUT2D eigenvalue weighted by atomic mass is 9.90. The van der Waals surface area contributed by atoms with Gasteiger partial charge >= 0.3 is 0 Å². The summed E-state index contributed by atoms with van der Waals surface area (Å²) in [5.74, 6) is 0. The van der Waals surface area contributed by atoms with E-state index in [1.54, 1.807) is 5.56 Å². The van der Waals surface area contributed by atoms with E-state index in [1.807, 2.05) is 18.3 Å². The van der Waals surface area contributed by atoms with Crippen LogP contribution in [0, 0.1) is 6.92 Å². The summed E-state index contributed by atoms with van der Waals surface area (Å²) in [6.45, 7) is 10.5. The van der Waals surface area contributed by atoms with Crippen LogP contribution in [0.15, 0.2) is 48.1 Å². The van der Waals surface area contributed by atoms with Gasteiger partial charge in [-0.3, -0.25) is 0 Å². The summed E-state index contributed by atoms with van der Waals surface area (Å²) in [4.78, 5) is 1.46. The van der Waals surface area contributed by atoms with Crippen LogP contribution in [-0.2, 0) is 6.42 Å². The zero-order valence-electron chi connectivity index (χ0n) is 12.4. The van der Waals surface area contributed by atoms with E-state index in [2.05, 4.69) is 50.8 Å². The van der Waals surface area contributed by atoms with Gasteiger partial charge in [0.15, 0.2) is 0 Å². The van der Waals surface area contributed by atoms with Gasteiger partial charge in [-0.2, -0.15) is 0 Å². The van der Waals surface area contributed by atoms with Crippen molar-refractivity contribution in [2.75, 3.05) is 0 Å². The molecule has 0 bridgehead atoms. The lowest BCUT2D eigenvalue weighted by molar-refractivity contribution is 0.936. The van der Waals surface area contributed by atoms with Gasteiger partial charge in [0, 0.05) is 9.58 Å². The Morgan fingerprint density at radius 1 is 1.25 bits per heavy atom. The molecule has 0 aliphatic heterocycles. The molecule has 1 aliphatic rings. The van der Waals surface area contributed by atoms with Crippen molar-refractivity contribution in [3.05, 3.63) is 64.1 Å². The zero-order valence-corrected chi connectivity index (χ0v) is 13.2. The van der Waals surface area contributed by atoms with Crippen molar-refractivity contribution in [2.45, 2.75) is 33.6 Å². The molecular formula is C19H20S. The van der Waals surface area contributed by atoms with Crippen molar-refractivity contribution in [1.82, 2.24) is 0 Å². The molecule has 0 saturated heterocycles. The highest BCUT2D eigenvalue weighted by atomic mass is 32.1. The maximum Gasteiger partial charge on any atom is 0.0386 e. The first-order valence-corrected chi connectivity index (χ1v) is 7.93. The smallest absolute Gasteiger partial charge is 0.0386 e. The van der Waals surface area contributed by atoms with E-state index in [0.29, 0.717) is 0 Å². The molecule has 102 valence electrons. The molecule has 1 aromatic heterocycles. The summed E-state index contributed by atoms with van der Waals surface area (Å²) in [7, 11) is 0. The van der Waals surface area contributed by atoms with Crippen molar-refractivity contribution in [2.24, 2.45) is 0 Å². The summed E-state index contributed by atoms with van der Waals surface area (Å²) < 4.78 is 1.41. The minimum Gasteiger partial charge on any atom is -0.135 e. The number of fused-ring (bicyclic) bond motifs is 3. The Labute approximate surface area is 125 Å². The van der Waals surface area contributed by atoms with Gasteiger partial charge in [-0.05, 0) is 56.2 Å². The van der Waals surface area contributed by atoms with Crippen LogP contribution in [-0.4, -0.2) is 0 Å².